The zero-order chi connectivity index (χ0) is 19.5. The lowest BCUT2D eigenvalue weighted by Crippen LogP contribution is -2.26. The number of likely N-dealkylation sites (tertiary alicyclic amines) is 1. The van der Waals surface area contributed by atoms with Crippen LogP contribution in [-0.4, -0.2) is 49.4 Å². The second-order valence-electron chi connectivity index (χ2n) is 6.98. The van der Waals surface area contributed by atoms with E-state index in [1.807, 2.05) is 4.90 Å². The van der Waals surface area contributed by atoms with Crippen LogP contribution in [0.5, 0.6) is 5.75 Å². The molecule has 28 heavy (non-hydrogen) atoms. The van der Waals surface area contributed by atoms with Crippen LogP contribution in [0.3, 0.4) is 0 Å². The van der Waals surface area contributed by atoms with E-state index in [0.29, 0.717) is 48.8 Å². The molecule has 2 aliphatic rings. The summed E-state index contributed by atoms with van der Waals surface area (Å²) in [5.41, 5.74) is 1.46. The predicted molar refractivity (Wildman–Crippen MR) is 104 cm³/mol. The highest BCUT2D eigenvalue weighted by molar-refractivity contribution is 6.12. The fourth-order valence-corrected chi connectivity index (χ4v) is 3.52. The van der Waals surface area contributed by atoms with E-state index in [0.717, 1.165) is 6.54 Å². The van der Waals surface area contributed by atoms with Crippen molar-refractivity contribution in [3.05, 3.63) is 53.8 Å². The second-order valence-corrected chi connectivity index (χ2v) is 6.98. The molecule has 0 saturated carbocycles. The van der Waals surface area contributed by atoms with E-state index in [9.17, 15) is 13.6 Å². The summed E-state index contributed by atoms with van der Waals surface area (Å²) in [4.78, 5) is 18.5. The summed E-state index contributed by atoms with van der Waals surface area (Å²) in [6, 6.07) is 11.7. The van der Waals surface area contributed by atoms with Gasteiger partial charge in [-0.25, -0.2) is 8.78 Å². The van der Waals surface area contributed by atoms with Crippen molar-refractivity contribution in [2.45, 2.75) is 18.5 Å². The molecule has 2 unspecified atom stereocenters. The monoisotopic (exact) mass is 385 g/mol. The minimum atomic E-state index is -0.744. The third kappa shape index (κ3) is 4.04. The highest BCUT2D eigenvalue weighted by atomic mass is 19.1. The lowest BCUT2D eigenvalue weighted by Gasteiger charge is -2.14. The highest BCUT2D eigenvalue weighted by Crippen LogP contribution is 2.33. The molecule has 1 amide bonds. The fourth-order valence-electron chi connectivity index (χ4n) is 3.52. The maximum Gasteiger partial charge on any atom is 0.237 e. The molecule has 2 atom stereocenters. The molecule has 0 aliphatic carbocycles. The zero-order valence-electron chi connectivity index (χ0n) is 15.3. The molecule has 146 valence electrons. The van der Waals surface area contributed by atoms with Crippen LogP contribution in [0.2, 0.25) is 0 Å². The molecule has 1 N–H and O–H groups in total. The average molecular weight is 385 g/mol. The molecule has 5 nitrogen and oxygen atoms in total. The molecule has 0 aromatic heterocycles. The first-order chi connectivity index (χ1) is 13.6. The van der Waals surface area contributed by atoms with Gasteiger partial charge in [0.05, 0.1) is 5.69 Å². The molecule has 4 rings (SSSR count). The Morgan fingerprint density at radius 3 is 2.82 bits per heavy atom. The smallest absolute Gasteiger partial charge is 0.237 e. The molecule has 0 bridgehead atoms. The first-order valence-corrected chi connectivity index (χ1v) is 9.33. The number of nitrogens with zero attached hydrogens (tertiary/aromatic N) is 2. The molecule has 1 saturated heterocycles. The summed E-state index contributed by atoms with van der Waals surface area (Å²) in [6.45, 7) is 2.45. The number of carbonyl (C=O) groups is 1. The average Bonchev–Trinajstić information content (AvgIpc) is 3.24. The van der Waals surface area contributed by atoms with E-state index in [2.05, 4.69) is 10.3 Å². The Labute approximate surface area is 162 Å². The molecule has 2 aliphatic heterocycles. The van der Waals surface area contributed by atoms with E-state index in [1.54, 1.807) is 36.4 Å². The molecule has 2 aromatic rings. The highest BCUT2D eigenvalue weighted by Gasteiger charge is 2.31. The van der Waals surface area contributed by atoms with Crippen molar-refractivity contribution in [1.29, 1.82) is 0 Å². The van der Waals surface area contributed by atoms with E-state index in [-0.39, 0.29) is 5.91 Å². The second kappa shape index (κ2) is 8.06. The number of carbonyl (C=O) groups excluding carboxylic acids is 1. The van der Waals surface area contributed by atoms with Crippen molar-refractivity contribution in [3.63, 3.8) is 0 Å². The van der Waals surface area contributed by atoms with E-state index in [1.165, 1.54) is 12.3 Å². The van der Waals surface area contributed by atoms with Gasteiger partial charge < -0.3 is 10.1 Å². The SMILES string of the molecule is O=C1Nc2cccc(F)c2C1C=Nc1ccc(OCCN2CCC(F)C2)cc1. The maximum absolute atomic E-state index is 14.1. The van der Waals surface area contributed by atoms with Gasteiger partial charge in [0.25, 0.3) is 0 Å². The number of hydrogen-bond acceptors (Lipinski definition) is 4. The van der Waals surface area contributed by atoms with Gasteiger partial charge >= 0.3 is 0 Å². The largest absolute Gasteiger partial charge is 0.492 e. The Balaban J connectivity index is 1.34. The number of ether oxygens (including phenoxy) is 1. The number of aliphatic imine (C=N–C) groups is 1. The summed E-state index contributed by atoms with van der Waals surface area (Å²) in [6.07, 6.45) is 1.33. The van der Waals surface area contributed by atoms with E-state index < -0.39 is 17.9 Å². The van der Waals surface area contributed by atoms with Gasteiger partial charge in [-0.2, -0.15) is 0 Å². The molecule has 2 aromatic carbocycles. The first-order valence-electron chi connectivity index (χ1n) is 9.33. The van der Waals surface area contributed by atoms with Crippen LogP contribution in [0.4, 0.5) is 20.2 Å². The molecule has 0 radical (unpaired) electrons. The summed E-state index contributed by atoms with van der Waals surface area (Å²) >= 11 is 0. The Kier molecular flexibility index (Phi) is 5.34. The van der Waals surface area contributed by atoms with Gasteiger partial charge in [0, 0.05) is 37.1 Å². The van der Waals surface area contributed by atoms with Crippen LogP contribution in [-0.2, 0) is 4.79 Å². The van der Waals surface area contributed by atoms with E-state index >= 15 is 0 Å². The summed E-state index contributed by atoms with van der Waals surface area (Å²) in [5, 5.41) is 2.67. The van der Waals surface area contributed by atoms with Crippen LogP contribution >= 0.6 is 0 Å². The van der Waals surface area contributed by atoms with Gasteiger partial charge in [-0.05, 0) is 42.8 Å². The topological polar surface area (TPSA) is 53.9 Å². The van der Waals surface area contributed by atoms with Crippen molar-refractivity contribution in [1.82, 2.24) is 4.90 Å². The molecule has 0 spiro atoms. The summed E-state index contributed by atoms with van der Waals surface area (Å²) < 4.78 is 32.9. The lowest BCUT2D eigenvalue weighted by molar-refractivity contribution is -0.115. The van der Waals surface area contributed by atoms with Gasteiger partial charge in [-0.3, -0.25) is 14.7 Å². The predicted octanol–water partition coefficient (Wildman–Crippen LogP) is 3.69. The fraction of sp³-hybridized carbons (Fsp3) is 0.333. The van der Waals surface area contributed by atoms with Gasteiger partial charge in [-0.1, -0.05) is 6.07 Å². The number of amides is 1. The third-order valence-electron chi connectivity index (χ3n) is 5.00. The van der Waals surface area contributed by atoms with Crippen LogP contribution in [0.25, 0.3) is 0 Å². The number of benzene rings is 2. The number of halogens is 2. The zero-order valence-corrected chi connectivity index (χ0v) is 15.3. The maximum atomic E-state index is 14.1. The molecular weight excluding hydrogens is 364 g/mol. The van der Waals surface area contributed by atoms with Crippen molar-refractivity contribution in [2.24, 2.45) is 4.99 Å². The van der Waals surface area contributed by atoms with Crippen LogP contribution in [0.1, 0.15) is 17.9 Å². The Bertz CT molecular complexity index is 886. The molecule has 1 fully saturated rings. The molecular formula is C21H21F2N3O2. The lowest BCUT2D eigenvalue weighted by atomic mass is 10.0. The number of rotatable bonds is 6. The number of fused-ring (bicyclic) bond motifs is 1. The quantitative estimate of drug-likeness (QED) is 0.772. The minimum Gasteiger partial charge on any atom is -0.492 e. The standard InChI is InChI=1S/C21H21F2N3O2/c22-14-8-9-26(13-14)10-11-28-16-6-4-15(5-7-16)24-12-17-20-18(23)2-1-3-19(20)25-21(17)27/h1-7,12,14,17H,8-11,13H2,(H,25,27). The van der Waals surface area contributed by atoms with Crippen LogP contribution in [0, 0.1) is 5.82 Å². The number of hydrogen-bond donors (Lipinski definition) is 1. The molecule has 2 heterocycles. The van der Waals surface area contributed by atoms with Crippen molar-refractivity contribution in [3.8, 4) is 5.75 Å². The van der Waals surface area contributed by atoms with Gasteiger partial charge in [0.2, 0.25) is 5.91 Å². The Morgan fingerprint density at radius 2 is 2.07 bits per heavy atom. The normalized spacial score (nSPS) is 21.9. The van der Waals surface area contributed by atoms with Crippen molar-refractivity contribution < 1.29 is 18.3 Å². The molecule has 7 heteroatoms. The van der Waals surface area contributed by atoms with Crippen molar-refractivity contribution >= 4 is 23.5 Å². The van der Waals surface area contributed by atoms with Crippen molar-refractivity contribution in [2.75, 3.05) is 31.6 Å². The summed E-state index contributed by atoms with van der Waals surface area (Å²) in [7, 11) is 0. The van der Waals surface area contributed by atoms with Crippen LogP contribution < -0.4 is 10.1 Å². The van der Waals surface area contributed by atoms with Crippen LogP contribution in [0.15, 0.2) is 47.5 Å². The van der Waals surface area contributed by atoms with E-state index in [4.69, 9.17) is 4.74 Å². The number of nitrogens with one attached hydrogen (secondary N) is 1. The van der Waals surface area contributed by atoms with Gasteiger partial charge in [-0.15, -0.1) is 0 Å². The third-order valence-corrected chi connectivity index (χ3v) is 5.00. The van der Waals surface area contributed by atoms with Gasteiger partial charge in [0.15, 0.2) is 0 Å². The minimum absolute atomic E-state index is 0.291. The number of alkyl halides is 1. The summed E-state index contributed by atoms with van der Waals surface area (Å²) in [5.74, 6) is -0.758. The number of anilines is 1. The Hall–Kier alpha value is -2.80. The first kappa shape index (κ1) is 18.6. The Morgan fingerprint density at radius 1 is 1.25 bits per heavy atom. The van der Waals surface area contributed by atoms with Gasteiger partial charge in [0.1, 0.15) is 30.3 Å².